The highest BCUT2D eigenvalue weighted by atomic mass is 19.1. The number of rotatable bonds is 3. The molecule has 106 valence electrons. The summed E-state index contributed by atoms with van der Waals surface area (Å²) in [6, 6.07) is 5.40. The van der Waals surface area contributed by atoms with E-state index in [1.807, 2.05) is 26.0 Å². The predicted molar refractivity (Wildman–Crippen MR) is 75.8 cm³/mol. The van der Waals surface area contributed by atoms with Crippen molar-refractivity contribution in [3.8, 4) is 0 Å². The quantitative estimate of drug-likeness (QED) is 0.914. The van der Waals surface area contributed by atoms with Gasteiger partial charge >= 0.3 is 0 Å². The van der Waals surface area contributed by atoms with Crippen LogP contribution in [0.4, 0.5) is 10.1 Å². The van der Waals surface area contributed by atoms with Gasteiger partial charge in [0, 0.05) is 12.6 Å². The van der Waals surface area contributed by atoms with Crippen LogP contribution in [0.5, 0.6) is 0 Å². The SMILES string of the molecule is CCC1COC(C)CN1c1ccc([C@H](C)N)cc1F. The van der Waals surface area contributed by atoms with Crippen LogP contribution in [0, 0.1) is 5.82 Å². The van der Waals surface area contributed by atoms with E-state index in [2.05, 4.69) is 11.8 Å². The molecule has 0 spiro atoms. The van der Waals surface area contributed by atoms with Crippen LogP contribution >= 0.6 is 0 Å². The summed E-state index contributed by atoms with van der Waals surface area (Å²) in [5, 5.41) is 0. The number of nitrogens with two attached hydrogens (primary N) is 1. The molecule has 3 nitrogen and oxygen atoms in total. The number of anilines is 1. The molecule has 1 saturated heterocycles. The van der Waals surface area contributed by atoms with E-state index in [9.17, 15) is 4.39 Å². The van der Waals surface area contributed by atoms with Gasteiger partial charge in [-0.2, -0.15) is 0 Å². The van der Waals surface area contributed by atoms with Crippen LogP contribution in [0.1, 0.15) is 38.8 Å². The number of ether oxygens (including phenoxy) is 1. The Morgan fingerprint density at radius 3 is 2.84 bits per heavy atom. The maximum absolute atomic E-state index is 14.3. The molecule has 1 aromatic carbocycles. The van der Waals surface area contributed by atoms with Gasteiger partial charge < -0.3 is 15.4 Å². The van der Waals surface area contributed by atoms with E-state index in [0.29, 0.717) is 12.3 Å². The number of morpholine rings is 1. The zero-order chi connectivity index (χ0) is 14.0. The van der Waals surface area contributed by atoms with Crippen LogP contribution in [0.25, 0.3) is 0 Å². The molecule has 0 aliphatic carbocycles. The molecular formula is C15H23FN2O. The first-order chi connectivity index (χ1) is 9.02. The van der Waals surface area contributed by atoms with Crippen molar-refractivity contribution >= 4 is 5.69 Å². The van der Waals surface area contributed by atoms with Crippen molar-refractivity contribution in [3.05, 3.63) is 29.6 Å². The maximum Gasteiger partial charge on any atom is 0.146 e. The Balaban J connectivity index is 2.28. The fraction of sp³-hybridized carbons (Fsp3) is 0.600. The van der Waals surface area contributed by atoms with Crippen molar-refractivity contribution in [3.63, 3.8) is 0 Å². The van der Waals surface area contributed by atoms with Crippen LogP contribution in [-0.2, 0) is 4.74 Å². The van der Waals surface area contributed by atoms with Crippen LogP contribution in [0.2, 0.25) is 0 Å². The Labute approximate surface area is 114 Å². The average Bonchev–Trinajstić information content (AvgIpc) is 2.38. The van der Waals surface area contributed by atoms with Gasteiger partial charge in [-0.25, -0.2) is 4.39 Å². The molecule has 0 aromatic heterocycles. The number of benzene rings is 1. The van der Waals surface area contributed by atoms with E-state index >= 15 is 0 Å². The summed E-state index contributed by atoms with van der Waals surface area (Å²) in [6.07, 6.45) is 1.08. The third-order valence-electron chi connectivity index (χ3n) is 3.75. The van der Waals surface area contributed by atoms with Crippen LogP contribution < -0.4 is 10.6 Å². The fourth-order valence-electron chi connectivity index (χ4n) is 2.52. The zero-order valence-electron chi connectivity index (χ0n) is 11.9. The summed E-state index contributed by atoms with van der Waals surface area (Å²) in [5.74, 6) is -0.192. The van der Waals surface area contributed by atoms with E-state index in [4.69, 9.17) is 10.5 Å². The van der Waals surface area contributed by atoms with Gasteiger partial charge in [0.15, 0.2) is 0 Å². The molecule has 1 aliphatic heterocycles. The van der Waals surface area contributed by atoms with Gasteiger partial charge in [0.2, 0.25) is 0 Å². The first kappa shape index (κ1) is 14.3. The molecule has 19 heavy (non-hydrogen) atoms. The van der Waals surface area contributed by atoms with Crippen molar-refractivity contribution < 1.29 is 9.13 Å². The van der Waals surface area contributed by atoms with E-state index in [0.717, 1.165) is 18.5 Å². The van der Waals surface area contributed by atoms with Gasteiger partial charge in [0.05, 0.1) is 24.4 Å². The minimum Gasteiger partial charge on any atom is -0.375 e. The van der Waals surface area contributed by atoms with E-state index in [-0.39, 0.29) is 24.0 Å². The van der Waals surface area contributed by atoms with Crippen LogP contribution in [-0.4, -0.2) is 25.3 Å². The lowest BCUT2D eigenvalue weighted by molar-refractivity contribution is 0.0297. The molecule has 2 unspecified atom stereocenters. The van der Waals surface area contributed by atoms with Crippen LogP contribution in [0.3, 0.4) is 0 Å². The summed E-state index contributed by atoms with van der Waals surface area (Å²) >= 11 is 0. The standard InChI is InChI=1S/C15H23FN2O/c1-4-13-9-19-10(2)8-18(13)15-6-5-12(11(3)17)7-14(15)16/h5-7,10-11,13H,4,8-9,17H2,1-3H3/t10?,11-,13?/m0/s1. The first-order valence-electron chi connectivity index (χ1n) is 6.96. The van der Waals surface area contributed by atoms with Gasteiger partial charge in [-0.1, -0.05) is 13.0 Å². The van der Waals surface area contributed by atoms with Gasteiger partial charge in [-0.3, -0.25) is 0 Å². The van der Waals surface area contributed by atoms with Crippen molar-refractivity contribution in [1.82, 2.24) is 0 Å². The van der Waals surface area contributed by atoms with Crippen molar-refractivity contribution in [2.24, 2.45) is 5.73 Å². The third kappa shape index (κ3) is 3.07. The lowest BCUT2D eigenvalue weighted by Gasteiger charge is -2.40. The normalized spacial score (nSPS) is 25.4. The molecule has 2 N–H and O–H groups in total. The van der Waals surface area contributed by atoms with Crippen LogP contribution in [0.15, 0.2) is 18.2 Å². The molecule has 1 heterocycles. The lowest BCUT2D eigenvalue weighted by Crippen LogP contribution is -2.49. The van der Waals surface area contributed by atoms with E-state index in [1.54, 1.807) is 6.07 Å². The smallest absolute Gasteiger partial charge is 0.146 e. The average molecular weight is 266 g/mol. The largest absolute Gasteiger partial charge is 0.375 e. The minimum atomic E-state index is -0.192. The third-order valence-corrected chi connectivity index (χ3v) is 3.75. The molecule has 4 heteroatoms. The molecule has 1 aromatic rings. The topological polar surface area (TPSA) is 38.5 Å². The number of hydrogen-bond acceptors (Lipinski definition) is 3. The Kier molecular flexibility index (Phi) is 4.42. The fourth-order valence-corrected chi connectivity index (χ4v) is 2.52. The second-order valence-electron chi connectivity index (χ2n) is 5.36. The molecule has 3 atom stereocenters. The summed E-state index contributed by atoms with van der Waals surface area (Å²) in [4.78, 5) is 2.12. The van der Waals surface area contributed by atoms with E-state index in [1.165, 1.54) is 0 Å². The maximum atomic E-state index is 14.3. The second kappa shape index (κ2) is 5.88. The summed E-state index contributed by atoms with van der Waals surface area (Å²) in [6.45, 7) is 7.37. The highest BCUT2D eigenvalue weighted by molar-refractivity contribution is 5.51. The minimum absolute atomic E-state index is 0.135. The molecular weight excluding hydrogens is 243 g/mol. The first-order valence-corrected chi connectivity index (χ1v) is 6.96. The predicted octanol–water partition coefficient (Wildman–Crippen LogP) is 2.85. The summed E-state index contributed by atoms with van der Waals surface area (Å²) in [7, 11) is 0. The van der Waals surface area contributed by atoms with Crippen molar-refractivity contribution in [1.29, 1.82) is 0 Å². The van der Waals surface area contributed by atoms with Gasteiger partial charge in [-0.05, 0) is 38.0 Å². The summed E-state index contributed by atoms with van der Waals surface area (Å²) in [5.41, 5.74) is 7.27. The summed E-state index contributed by atoms with van der Waals surface area (Å²) < 4.78 is 19.9. The Morgan fingerprint density at radius 1 is 1.53 bits per heavy atom. The highest BCUT2D eigenvalue weighted by Gasteiger charge is 2.27. The van der Waals surface area contributed by atoms with Gasteiger partial charge in [0.25, 0.3) is 0 Å². The molecule has 0 saturated carbocycles. The monoisotopic (exact) mass is 266 g/mol. The van der Waals surface area contributed by atoms with E-state index < -0.39 is 0 Å². The van der Waals surface area contributed by atoms with Gasteiger partial charge in [-0.15, -0.1) is 0 Å². The lowest BCUT2D eigenvalue weighted by atomic mass is 10.1. The van der Waals surface area contributed by atoms with Gasteiger partial charge in [0.1, 0.15) is 5.82 Å². The second-order valence-corrected chi connectivity index (χ2v) is 5.36. The molecule has 1 aliphatic rings. The number of hydrogen-bond donors (Lipinski definition) is 1. The Bertz CT molecular complexity index is 436. The molecule has 1 fully saturated rings. The molecule has 0 bridgehead atoms. The number of nitrogens with zero attached hydrogens (tertiary/aromatic N) is 1. The molecule has 0 amide bonds. The molecule has 0 radical (unpaired) electrons. The number of halogens is 1. The van der Waals surface area contributed by atoms with Crippen molar-refractivity contribution in [2.45, 2.75) is 45.4 Å². The molecule has 2 rings (SSSR count). The Morgan fingerprint density at radius 2 is 2.26 bits per heavy atom. The Hall–Kier alpha value is -1.13. The zero-order valence-corrected chi connectivity index (χ0v) is 11.9. The van der Waals surface area contributed by atoms with Crippen molar-refractivity contribution in [2.75, 3.05) is 18.1 Å². The highest BCUT2D eigenvalue weighted by Crippen LogP contribution is 2.28.